The highest BCUT2D eigenvalue weighted by Gasteiger charge is 2.31. The third-order valence-corrected chi connectivity index (χ3v) is 6.24. The van der Waals surface area contributed by atoms with Crippen LogP contribution in [0.5, 0.6) is 0 Å². The van der Waals surface area contributed by atoms with Crippen LogP contribution in [0, 0.1) is 6.92 Å². The number of nitrogens with one attached hydrogen (secondary N) is 1. The lowest BCUT2D eigenvalue weighted by molar-refractivity contribution is 0.600. The van der Waals surface area contributed by atoms with Crippen LogP contribution in [-0.2, 0) is 16.4 Å². The second-order valence-electron chi connectivity index (χ2n) is 6.21. The molecule has 1 fully saturated rings. The van der Waals surface area contributed by atoms with Gasteiger partial charge in [0.1, 0.15) is 18.0 Å². The molecule has 1 N–H and O–H groups in total. The molecule has 7 heteroatoms. The first-order chi connectivity index (χ1) is 11.4. The average molecular weight is 346 g/mol. The van der Waals surface area contributed by atoms with E-state index in [2.05, 4.69) is 34.3 Å². The van der Waals surface area contributed by atoms with E-state index in [0.29, 0.717) is 13.0 Å². The summed E-state index contributed by atoms with van der Waals surface area (Å²) in [5.41, 5.74) is 2.44. The fourth-order valence-electron chi connectivity index (χ4n) is 2.90. The Balaban J connectivity index is 1.69. The van der Waals surface area contributed by atoms with E-state index in [1.807, 2.05) is 30.1 Å². The third-order valence-electron chi connectivity index (χ3n) is 4.49. The maximum absolute atomic E-state index is 11.7. The van der Waals surface area contributed by atoms with Gasteiger partial charge in [-0.05, 0) is 24.5 Å². The van der Waals surface area contributed by atoms with Crippen molar-refractivity contribution in [2.24, 2.45) is 0 Å². The molecule has 6 nitrogen and oxygen atoms in total. The van der Waals surface area contributed by atoms with E-state index >= 15 is 0 Å². The lowest BCUT2D eigenvalue weighted by atomic mass is 10.1. The van der Waals surface area contributed by atoms with Crippen LogP contribution >= 0.6 is 0 Å². The Morgan fingerprint density at radius 1 is 1.29 bits per heavy atom. The fraction of sp³-hybridized carbons (Fsp3) is 0.412. The molecule has 1 aromatic carbocycles. The quantitative estimate of drug-likeness (QED) is 0.893. The van der Waals surface area contributed by atoms with Gasteiger partial charge < -0.3 is 10.2 Å². The standard InChI is InChI=1S/C17H22N4O2S/c1-13-5-3-4-6-14(13)10-18-16-9-17(20-12-19-16)21(2)15-7-8-24(22,23)11-15/h3-6,9,12,15H,7-8,10-11H2,1-2H3,(H,18,19,20). The zero-order chi connectivity index (χ0) is 17.2. The van der Waals surface area contributed by atoms with Gasteiger partial charge in [-0.3, -0.25) is 0 Å². The number of benzene rings is 1. The van der Waals surface area contributed by atoms with Crippen molar-refractivity contribution >= 4 is 21.5 Å². The molecule has 2 aromatic rings. The van der Waals surface area contributed by atoms with Crippen molar-refractivity contribution in [3.05, 3.63) is 47.8 Å². The highest BCUT2D eigenvalue weighted by Crippen LogP contribution is 2.22. The molecule has 1 unspecified atom stereocenters. The van der Waals surface area contributed by atoms with Gasteiger partial charge in [0.2, 0.25) is 0 Å². The van der Waals surface area contributed by atoms with E-state index < -0.39 is 9.84 Å². The minimum Gasteiger partial charge on any atom is -0.366 e. The predicted octanol–water partition coefficient (Wildman–Crippen LogP) is 2.02. The van der Waals surface area contributed by atoms with Crippen LogP contribution in [0.2, 0.25) is 0 Å². The Kier molecular flexibility index (Phi) is 4.71. The number of anilines is 2. The maximum Gasteiger partial charge on any atom is 0.152 e. The van der Waals surface area contributed by atoms with Crippen LogP contribution in [0.25, 0.3) is 0 Å². The van der Waals surface area contributed by atoms with Crippen molar-refractivity contribution in [1.29, 1.82) is 0 Å². The summed E-state index contributed by atoms with van der Waals surface area (Å²) in [5, 5.41) is 3.31. The summed E-state index contributed by atoms with van der Waals surface area (Å²) in [5.74, 6) is 1.92. The van der Waals surface area contributed by atoms with Crippen LogP contribution in [0.1, 0.15) is 17.5 Å². The number of hydrogen-bond acceptors (Lipinski definition) is 6. The molecule has 1 saturated heterocycles. The van der Waals surface area contributed by atoms with Crippen molar-refractivity contribution in [1.82, 2.24) is 9.97 Å². The number of nitrogens with zero attached hydrogens (tertiary/aromatic N) is 3. The molecule has 3 rings (SSSR count). The Bertz CT molecular complexity index is 823. The summed E-state index contributed by atoms with van der Waals surface area (Å²) in [6.45, 7) is 2.77. The summed E-state index contributed by atoms with van der Waals surface area (Å²) in [4.78, 5) is 10.5. The SMILES string of the molecule is Cc1ccccc1CNc1cc(N(C)C2CCS(=O)(=O)C2)ncn1. The first kappa shape index (κ1) is 16.7. The van der Waals surface area contributed by atoms with Crippen molar-refractivity contribution in [2.75, 3.05) is 28.8 Å². The molecule has 0 radical (unpaired) electrons. The average Bonchev–Trinajstić information content (AvgIpc) is 2.94. The zero-order valence-electron chi connectivity index (χ0n) is 13.9. The van der Waals surface area contributed by atoms with Gasteiger partial charge in [-0.15, -0.1) is 0 Å². The van der Waals surface area contributed by atoms with Crippen molar-refractivity contribution in [3.8, 4) is 0 Å². The van der Waals surface area contributed by atoms with E-state index in [-0.39, 0.29) is 17.5 Å². The molecule has 0 spiro atoms. The van der Waals surface area contributed by atoms with Gasteiger partial charge in [0.25, 0.3) is 0 Å². The number of aryl methyl sites for hydroxylation is 1. The summed E-state index contributed by atoms with van der Waals surface area (Å²) in [7, 11) is -1.02. The molecule has 1 atom stereocenters. The lowest BCUT2D eigenvalue weighted by Crippen LogP contribution is -2.33. The Hall–Kier alpha value is -2.15. The molecule has 0 amide bonds. The molecule has 128 valence electrons. The van der Waals surface area contributed by atoms with Gasteiger partial charge in [0.15, 0.2) is 9.84 Å². The number of hydrogen-bond donors (Lipinski definition) is 1. The molecule has 0 bridgehead atoms. The first-order valence-electron chi connectivity index (χ1n) is 7.98. The summed E-state index contributed by atoms with van der Waals surface area (Å²) < 4.78 is 23.3. The van der Waals surface area contributed by atoms with E-state index in [1.54, 1.807) is 0 Å². The number of aromatic nitrogens is 2. The Morgan fingerprint density at radius 2 is 2.08 bits per heavy atom. The van der Waals surface area contributed by atoms with Crippen molar-refractivity contribution in [3.63, 3.8) is 0 Å². The summed E-state index contributed by atoms with van der Waals surface area (Å²) in [6.07, 6.45) is 2.16. The van der Waals surface area contributed by atoms with E-state index in [4.69, 9.17) is 0 Å². The molecular formula is C17H22N4O2S. The smallest absolute Gasteiger partial charge is 0.152 e. The second-order valence-corrected chi connectivity index (χ2v) is 8.44. The molecule has 0 saturated carbocycles. The van der Waals surface area contributed by atoms with E-state index in [0.717, 1.165) is 11.6 Å². The van der Waals surface area contributed by atoms with Gasteiger partial charge in [-0.25, -0.2) is 18.4 Å². The zero-order valence-corrected chi connectivity index (χ0v) is 14.8. The summed E-state index contributed by atoms with van der Waals surface area (Å²) in [6, 6.07) is 10.0. The summed E-state index contributed by atoms with van der Waals surface area (Å²) >= 11 is 0. The van der Waals surface area contributed by atoms with E-state index in [1.165, 1.54) is 17.5 Å². The lowest BCUT2D eigenvalue weighted by Gasteiger charge is -2.24. The number of sulfone groups is 1. The van der Waals surface area contributed by atoms with E-state index in [9.17, 15) is 8.42 Å². The van der Waals surface area contributed by atoms with Gasteiger partial charge in [0.05, 0.1) is 11.5 Å². The molecule has 0 aliphatic carbocycles. The molecule has 1 aliphatic rings. The third kappa shape index (κ3) is 3.84. The molecule has 1 aliphatic heterocycles. The number of rotatable bonds is 5. The van der Waals surface area contributed by atoms with Crippen LogP contribution in [-0.4, -0.2) is 43.0 Å². The topological polar surface area (TPSA) is 75.2 Å². The van der Waals surface area contributed by atoms with Crippen LogP contribution in [0.15, 0.2) is 36.7 Å². The molecular weight excluding hydrogens is 324 g/mol. The van der Waals surface area contributed by atoms with Gasteiger partial charge >= 0.3 is 0 Å². The van der Waals surface area contributed by atoms with Crippen molar-refractivity contribution < 1.29 is 8.42 Å². The minimum absolute atomic E-state index is 0.0193. The highest BCUT2D eigenvalue weighted by molar-refractivity contribution is 7.91. The normalized spacial score (nSPS) is 19.2. The Labute approximate surface area is 142 Å². The molecule has 2 heterocycles. The Morgan fingerprint density at radius 3 is 2.79 bits per heavy atom. The van der Waals surface area contributed by atoms with Crippen LogP contribution < -0.4 is 10.2 Å². The second kappa shape index (κ2) is 6.76. The largest absolute Gasteiger partial charge is 0.366 e. The predicted molar refractivity (Wildman–Crippen MR) is 96.0 cm³/mol. The van der Waals surface area contributed by atoms with Gasteiger partial charge in [0, 0.05) is 25.7 Å². The molecule has 24 heavy (non-hydrogen) atoms. The van der Waals surface area contributed by atoms with Crippen LogP contribution in [0.3, 0.4) is 0 Å². The molecule has 1 aromatic heterocycles. The maximum atomic E-state index is 11.7. The first-order valence-corrected chi connectivity index (χ1v) is 9.80. The monoisotopic (exact) mass is 346 g/mol. The fourth-order valence-corrected chi connectivity index (χ4v) is 4.67. The minimum atomic E-state index is -2.91. The van der Waals surface area contributed by atoms with Crippen LogP contribution in [0.4, 0.5) is 11.6 Å². The van der Waals surface area contributed by atoms with Gasteiger partial charge in [-0.1, -0.05) is 24.3 Å². The van der Waals surface area contributed by atoms with Gasteiger partial charge in [-0.2, -0.15) is 0 Å². The highest BCUT2D eigenvalue weighted by atomic mass is 32.2. The van der Waals surface area contributed by atoms with Crippen molar-refractivity contribution in [2.45, 2.75) is 25.9 Å².